The zero-order valence-electron chi connectivity index (χ0n) is 8.99. The van der Waals surface area contributed by atoms with Crippen molar-refractivity contribution in [3.8, 4) is 0 Å². The summed E-state index contributed by atoms with van der Waals surface area (Å²) in [5.41, 5.74) is 4.33. The normalized spacial score (nSPS) is 22.1. The summed E-state index contributed by atoms with van der Waals surface area (Å²) in [5.74, 6) is 0. The van der Waals surface area contributed by atoms with Gasteiger partial charge >= 0.3 is 0 Å². The zero-order valence-corrected chi connectivity index (χ0v) is 9.81. The summed E-state index contributed by atoms with van der Waals surface area (Å²) < 4.78 is 23.7. The van der Waals surface area contributed by atoms with Crippen LogP contribution in [0.1, 0.15) is 26.2 Å². The van der Waals surface area contributed by atoms with Gasteiger partial charge in [-0.2, -0.15) is 0 Å². The van der Waals surface area contributed by atoms with E-state index in [1.807, 2.05) is 6.92 Å². The molecular formula is C12H16O2S. The van der Waals surface area contributed by atoms with Crippen LogP contribution < -0.4 is 0 Å². The van der Waals surface area contributed by atoms with Crippen molar-refractivity contribution < 1.29 is 8.42 Å². The summed E-state index contributed by atoms with van der Waals surface area (Å²) in [6, 6.07) is 0. The Balaban J connectivity index is 3.18. The average Bonchev–Trinajstić information content (AvgIpc) is 2.17. The molecule has 0 fully saturated rings. The van der Waals surface area contributed by atoms with Crippen LogP contribution in [0.4, 0.5) is 0 Å². The molecule has 82 valence electrons. The van der Waals surface area contributed by atoms with Crippen LogP contribution >= 0.6 is 0 Å². The molecule has 0 N–H and O–H groups in total. The molecule has 0 spiro atoms. The number of hydrogen-bond acceptors (Lipinski definition) is 2. The minimum absolute atomic E-state index is 0.409. The molecule has 0 bridgehead atoms. The predicted molar refractivity (Wildman–Crippen MR) is 63.2 cm³/mol. The van der Waals surface area contributed by atoms with Gasteiger partial charge in [0.25, 0.3) is 0 Å². The molecule has 15 heavy (non-hydrogen) atoms. The van der Waals surface area contributed by atoms with Gasteiger partial charge in [-0.05, 0) is 31.8 Å². The Morgan fingerprint density at radius 2 is 2.20 bits per heavy atom. The Kier molecular flexibility index (Phi) is 3.72. The molecule has 1 aliphatic carbocycles. The first-order valence-corrected chi connectivity index (χ1v) is 6.55. The highest BCUT2D eigenvalue weighted by molar-refractivity contribution is 7.95. The van der Waals surface area contributed by atoms with Crippen LogP contribution in [0.25, 0.3) is 0 Å². The van der Waals surface area contributed by atoms with Crippen molar-refractivity contribution in [1.29, 1.82) is 0 Å². The molecule has 0 saturated heterocycles. The molecule has 0 aromatic carbocycles. The second-order valence-corrected chi connectivity index (χ2v) is 5.69. The van der Waals surface area contributed by atoms with Gasteiger partial charge in [0.15, 0.2) is 9.84 Å². The fraction of sp³-hybridized carbons (Fsp3) is 0.417. The number of allylic oxidation sites excluding steroid dienone is 2. The first-order chi connectivity index (χ1) is 7.03. The van der Waals surface area contributed by atoms with Gasteiger partial charge in [0.2, 0.25) is 0 Å². The van der Waals surface area contributed by atoms with E-state index in [1.165, 1.54) is 0 Å². The van der Waals surface area contributed by atoms with Crippen LogP contribution in [0.3, 0.4) is 0 Å². The Morgan fingerprint density at radius 1 is 1.53 bits per heavy atom. The lowest BCUT2D eigenvalue weighted by molar-refractivity contribution is 0.578. The van der Waals surface area contributed by atoms with Crippen molar-refractivity contribution in [2.75, 3.05) is 0 Å². The quantitative estimate of drug-likeness (QED) is 0.691. The fourth-order valence-electron chi connectivity index (χ4n) is 1.97. The summed E-state index contributed by atoms with van der Waals surface area (Å²) in [4.78, 5) is 0. The molecule has 0 radical (unpaired) electrons. The Morgan fingerprint density at radius 3 is 2.73 bits per heavy atom. The van der Waals surface area contributed by atoms with Crippen LogP contribution in [0, 0.1) is 0 Å². The van der Waals surface area contributed by atoms with E-state index in [1.54, 1.807) is 6.08 Å². The van der Waals surface area contributed by atoms with Crippen molar-refractivity contribution in [1.82, 2.24) is 0 Å². The van der Waals surface area contributed by atoms with E-state index < -0.39 is 15.1 Å². The second kappa shape index (κ2) is 4.65. The fourth-order valence-corrected chi connectivity index (χ4v) is 3.51. The summed E-state index contributed by atoms with van der Waals surface area (Å²) in [5, 5.41) is 0.668. The van der Waals surface area contributed by atoms with Gasteiger partial charge in [-0.3, -0.25) is 0 Å². The summed E-state index contributed by atoms with van der Waals surface area (Å²) in [6.07, 6.45) is 4.27. The third-order valence-electron chi connectivity index (χ3n) is 2.79. The lowest BCUT2D eigenvalue weighted by Gasteiger charge is -2.23. The molecule has 0 aromatic heterocycles. The summed E-state index contributed by atoms with van der Waals surface area (Å²) >= 11 is 0. The Bertz CT molecular complexity index is 434. The van der Waals surface area contributed by atoms with E-state index in [9.17, 15) is 8.42 Å². The third-order valence-corrected chi connectivity index (χ3v) is 4.67. The standard InChI is InChI=1S/C12H16O2S/c1-4-9-15(13,14)12-8-6-7-11(5-2)10(12)3/h5,9,12H,1-2,6-8H2,3H3. The van der Waals surface area contributed by atoms with Crippen molar-refractivity contribution in [2.45, 2.75) is 31.4 Å². The Labute approximate surface area is 91.6 Å². The van der Waals surface area contributed by atoms with E-state index in [2.05, 4.69) is 18.9 Å². The van der Waals surface area contributed by atoms with E-state index in [4.69, 9.17) is 0 Å². The molecule has 1 rings (SSSR count). The van der Waals surface area contributed by atoms with Crippen molar-refractivity contribution in [3.05, 3.63) is 41.5 Å². The summed E-state index contributed by atoms with van der Waals surface area (Å²) in [6.45, 7) is 8.89. The number of hydrogen-bond donors (Lipinski definition) is 0. The van der Waals surface area contributed by atoms with Gasteiger partial charge in [0, 0.05) is 0 Å². The number of rotatable bonds is 3. The van der Waals surface area contributed by atoms with E-state index in [0.717, 1.165) is 29.4 Å². The first kappa shape index (κ1) is 12.0. The maximum Gasteiger partial charge on any atom is 0.185 e. The van der Waals surface area contributed by atoms with Crippen molar-refractivity contribution in [3.63, 3.8) is 0 Å². The highest BCUT2D eigenvalue weighted by atomic mass is 32.2. The van der Waals surface area contributed by atoms with E-state index >= 15 is 0 Å². The van der Waals surface area contributed by atoms with Crippen LogP contribution in [0.15, 0.2) is 41.5 Å². The predicted octanol–water partition coefficient (Wildman–Crippen LogP) is 2.75. The topological polar surface area (TPSA) is 34.1 Å². The lowest BCUT2D eigenvalue weighted by atomic mass is 9.92. The number of sulfone groups is 1. The molecule has 0 amide bonds. The molecule has 2 nitrogen and oxygen atoms in total. The lowest BCUT2D eigenvalue weighted by Crippen LogP contribution is -2.24. The zero-order chi connectivity index (χ0) is 11.5. The minimum atomic E-state index is -3.23. The molecule has 0 aliphatic heterocycles. The van der Waals surface area contributed by atoms with Crippen molar-refractivity contribution >= 4 is 9.84 Å². The van der Waals surface area contributed by atoms with Gasteiger partial charge in [0.05, 0.1) is 10.7 Å². The van der Waals surface area contributed by atoms with Crippen molar-refractivity contribution in [2.24, 2.45) is 0 Å². The Hall–Kier alpha value is -1.05. The van der Waals surface area contributed by atoms with Gasteiger partial charge in [-0.25, -0.2) is 8.42 Å². The molecular weight excluding hydrogens is 208 g/mol. The molecule has 0 saturated carbocycles. The second-order valence-electron chi connectivity index (χ2n) is 3.70. The maximum absolute atomic E-state index is 11.8. The molecule has 1 atom stereocenters. The largest absolute Gasteiger partial charge is 0.223 e. The average molecular weight is 224 g/mol. The maximum atomic E-state index is 11.8. The first-order valence-electron chi connectivity index (χ1n) is 4.94. The van der Waals surface area contributed by atoms with Gasteiger partial charge < -0.3 is 0 Å². The highest BCUT2D eigenvalue weighted by Crippen LogP contribution is 2.30. The SMILES string of the molecule is C=C=CS(=O)(=O)C1CCCC(C=C)=C1C. The van der Waals surface area contributed by atoms with Crippen LogP contribution in [0.5, 0.6) is 0 Å². The minimum Gasteiger partial charge on any atom is -0.223 e. The van der Waals surface area contributed by atoms with E-state index in [0.29, 0.717) is 6.42 Å². The summed E-state index contributed by atoms with van der Waals surface area (Å²) in [7, 11) is -3.23. The van der Waals surface area contributed by atoms with Gasteiger partial charge in [0.1, 0.15) is 0 Å². The smallest absolute Gasteiger partial charge is 0.185 e. The van der Waals surface area contributed by atoms with Gasteiger partial charge in [-0.1, -0.05) is 24.8 Å². The molecule has 0 aromatic rings. The molecule has 1 aliphatic rings. The molecule has 0 heterocycles. The highest BCUT2D eigenvalue weighted by Gasteiger charge is 2.28. The molecule has 1 unspecified atom stereocenters. The van der Waals surface area contributed by atoms with Crippen LogP contribution in [-0.4, -0.2) is 13.7 Å². The van der Waals surface area contributed by atoms with Crippen LogP contribution in [-0.2, 0) is 9.84 Å². The monoisotopic (exact) mass is 224 g/mol. The van der Waals surface area contributed by atoms with Crippen LogP contribution in [0.2, 0.25) is 0 Å². The third kappa shape index (κ3) is 2.49. The van der Waals surface area contributed by atoms with E-state index in [-0.39, 0.29) is 0 Å². The van der Waals surface area contributed by atoms with Gasteiger partial charge in [-0.15, -0.1) is 5.73 Å². The molecule has 3 heteroatoms.